The van der Waals surface area contributed by atoms with Crippen LogP contribution in [0.1, 0.15) is 41.8 Å². The SMILES string of the molecule is Cc1cc(NC(=O)C2CCN(C(=O)c3cc4ccccc4nc3N3CCCC3)CC2)no1. The molecule has 5 rings (SSSR count). The first-order valence-corrected chi connectivity index (χ1v) is 11.3. The normalized spacial score (nSPS) is 17.2. The monoisotopic (exact) mass is 433 g/mol. The Hall–Kier alpha value is -3.42. The van der Waals surface area contributed by atoms with Crippen molar-refractivity contribution in [3.05, 3.63) is 47.7 Å². The molecular weight excluding hydrogens is 406 g/mol. The second-order valence-electron chi connectivity index (χ2n) is 8.62. The van der Waals surface area contributed by atoms with E-state index in [9.17, 15) is 9.59 Å². The lowest BCUT2D eigenvalue weighted by Crippen LogP contribution is -2.42. The van der Waals surface area contributed by atoms with Crippen LogP contribution in [-0.2, 0) is 4.79 Å². The molecule has 3 aromatic rings. The van der Waals surface area contributed by atoms with Crippen molar-refractivity contribution in [3.8, 4) is 0 Å². The lowest BCUT2D eigenvalue weighted by atomic mass is 9.95. The molecular formula is C24H27N5O3. The van der Waals surface area contributed by atoms with Crippen LogP contribution in [0, 0.1) is 12.8 Å². The smallest absolute Gasteiger partial charge is 0.257 e. The van der Waals surface area contributed by atoms with Crippen LogP contribution < -0.4 is 10.2 Å². The van der Waals surface area contributed by atoms with Gasteiger partial charge >= 0.3 is 0 Å². The van der Waals surface area contributed by atoms with Crippen LogP contribution in [0.5, 0.6) is 0 Å². The number of nitrogens with one attached hydrogen (secondary N) is 1. The number of amides is 2. The lowest BCUT2D eigenvalue weighted by molar-refractivity contribution is -0.121. The Balaban J connectivity index is 1.31. The molecule has 2 aromatic heterocycles. The quantitative estimate of drug-likeness (QED) is 0.676. The highest BCUT2D eigenvalue weighted by molar-refractivity contribution is 6.02. The van der Waals surface area contributed by atoms with Gasteiger partial charge in [-0.05, 0) is 44.7 Å². The number of fused-ring (bicyclic) bond motifs is 1. The van der Waals surface area contributed by atoms with Gasteiger partial charge in [0.25, 0.3) is 5.91 Å². The molecule has 0 saturated carbocycles. The molecule has 2 fully saturated rings. The maximum atomic E-state index is 13.5. The molecule has 166 valence electrons. The van der Waals surface area contributed by atoms with E-state index in [-0.39, 0.29) is 17.7 Å². The molecule has 1 aromatic carbocycles. The zero-order chi connectivity index (χ0) is 22.1. The molecule has 2 aliphatic rings. The zero-order valence-electron chi connectivity index (χ0n) is 18.2. The Morgan fingerprint density at radius 1 is 1.06 bits per heavy atom. The van der Waals surface area contributed by atoms with Crippen molar-refractivity contribution in [3.63, 3.8) is 0 Å². The number of pyridine rings is 1. The van der Waals surface area contributed by atoms with E-state index in [0.717, 1.165) is 42.7 Å². The number of anilines is 2. The molecule has 4 heterocycles. The number of carbonyl (C=O) groups excluding carboxylic acids is 2. The highest BCUT2D eigenvalue weighted by atomic mass is 16.5. The standard InChI is InChI=1S/C24H27N5O3/c1-16-14-21(27-32-16)26-23(30)17-8-12-29(13-9-17)24(31)19-15-18-6-2-3-7-20(18)25-22(19)28-10-4-5-11-28/h2-3,6-7,14-15,17H,4-5,8-13H2,1H3,(H,26,27,30). The van der Waals surface area contributed by atoms with Crippen LogP contribution in [0.15, 0.2) is 40.9 Å². The van der Waals surface area contributed by atoms with Crippen molar-refractivity contribution in [2.24, 2.45) is 5.92 Å². The van der Waals surface area contributed by atoms with E-state index in [4.69, 9.17) is 9.51 Å². The van der Waals surface area contributed by atoms with E-state index in [2.05, 4.69) is 15.4 Å². The molecule has 0 radical (unpaired) electrons. The molecule has 2 saturated heterocycles. The number of nitrogens with zero attached hydrogens (tertiary/aromatic N) is 4. The van der Waals surface area contributed by atoms with Crippen molar-refractivity contribution < 1.29 is 14.1 Å². The van der Waals surface area contributed by atoms with Gasteiger partial charge < -0.3 is 19.6 Å². The summed E-state index contributed by atoms with van der Waals surface area (Å²) in [7, 11) is 0. The van der Waals surface area contributed by atoms with E-state index in [1.54, 1.807) is 13.0 Å². The second kappa shape index (κ2) is 8.61. The fourth-order valence-electron chi connectivity index (χ4n) is 4.60. The number of aryl methyl sites for hydroxylation is 1. The van der Waals surface area contributed by atoms with Crippen molar-refractivity contribution in [2.75, 3.05) is 36.4 Å². The third kappa shape index (κ3) is 4.04. The van der Waals surface area contributed by atoms with E-state index in [1.165, 1.54) is 0 Å². The Morgan fingerprint density at radius 3 is 2.53 bits per heavy atom. The number of hydrogen-bond acceptors (Lipinski definition) is 6. The minimum Gasteiger partial charge on any atom is -0.360 e. The fourth-order valence-corrected chi connectivity index (χ4v) is 4.60. The first-order chi connectivity index (χ1) is 15.6. The largest absolute Gasteiger partial charge is 0.360 e. The first kappa shape index (κ1) is 20.5. The molecule has 0 aliphatic carbocycles. The van der Waals surface area contributed by atoms with E-state index in [1.807, 2.05) is 35.2 Å². The van der Waals surface area contributed by atoms with Gasteiger partial charge in [-0.2, -0.15) is 0 Å². The predicted octanol–water partition coefficient (Wildman–Crippen LogP) is 3.62. The summed E-state index contributed by atoms with van der Waals surface area (Å²) >= 11 is 0. The molecule has 0 atom stereocenters. The van der Waals surface area contributed by atoms with Crippen molar-refractivity contribution in [1.82, 2.24) is 15.0 Å². The predicted molar refractivity (Wildman–Crippen MR) is 122 cm³/mol. The van der Waals surface area contributed by atoms with Crippen molar-refractivity contribution in [1.29, 1.82) is 0 Å². The molecule has 0 unspecified atom stereocenters. The van der Waals surface area contributed by atoms with Gasteiger partial charge in [-0.1, -0.05) is 23.4 Å². The maximum Gasteiger partial charge on any atom is 0.257 e. The average molecular weight is 434 g/mol. The third-order valence-corrected chi connectivity index (χ3v) is 6.37. The van der Waals surface area contributed by atoms with Gasteiger partial charge in [0.2, 0.25) is 5.91 Å². The minimum atomic E-state index is -0.149. The van der Waals surface area contributed by atoms with E-state index >= 15 is 0 Å². The van der Waals surface area contributed by atoms with Crippen LogP contribution in [0.3, 0.4) is 0 Å². The number of benzene rings is 1. The van der Waals surface area contributed by atoms with Crippen LogP contribution in [0.4, 0.5) is 11.6 Å². The van der Waals surface area contributed by atoms with Crippen LogP contribution in [-0.4, -0.2) is 53.0 Å². The number of piperidine rings is 1. The summed E-state index contributed by atoms with van der Waals surface area (Å²) in [5, 5.41) is 7.60. The lowest BCUT2D eigenvalue weighted by Gasteiger charge is -2.32. The third-order valence-electron chi connectivity index (χ3n) is 6.37. The molecule has 8 nitrogen and oxygen atoms in total. The van der Waals surface area contributed by atoms with Crippen molar-refractivity contribution in [2.45, 2.75) is 32.6 Å². The first-order valence-electron chi connectivity index (χ1n) is 11.3. The molecule has 2 amide bonds. The summed E-state index contributed by atoms with van der Waals surface area (Å²) in [4.78, 5) is 35.1. The number of para-hydroxylation sites is 1. The summed E-state index contributed by atoms with van der Waals surface area (Å²) in [5.41, 5.74) is 1.57. The highest BCUT2D eigenvalue weighted by Crippen LogP contribution is 2.29. The molecule has 8 heteroatoms. The van der Waals surface area contributed by atoms with Crippen LogP contribution in [0.25, 0.3) is 10.9 Å². The molecule has 0 bridgehead atoms. The van der Waals surface area contributed by atoms with Crippen LogP contribution in [0.2, 0.25) is 0 Å². The van der Waals surface area contributed by atoms with Gasteiger partial charge in [0.15, 0.2) is 5.82 Å². The number of aromatic nitrogens is 2. The zero-order valence-corrected chi connectivity index (χ0v) is 18.2. The van der Waals surface area contributed by atoms with Crippen molar-refractivity contribution >= 4 is 34.4 Å². The number of carbonyl (C=O) groups is 2. The van der Waals surface area contributed by atoms with E-state index < -0.39 is 0 Å². The average Bonchev–Trinajstić information content (AvgIpc) is 3.50. The minimum absolute atomic E-state index is 0.00358. The van der Waals surface area contributed by atoms with Gasteiger partial charge in [-0.15, -0.1) is 0 Å². The fraction of sp³-hybridized carbons (Fsp3) is 0.417. The Kier molecular flexibility index (Phi) is 5.51. The van der Waals surface area contributed by atoms with Gasteiger partial charge in [-0.25, -0.2) is 4.98 Å². The topological polar surface area (TPSA) is 91.6 Å². The Labute approximate surface area is 186 Å². The van der Waals surface area contributed by atoms with Gasteiger partial charge in [-0.3, -0.25) is 9.59 Å². The Morgan fingerprint density at radius 2 is 1.81 bits per heavy atom. The van der Waals surface area contributed by atoms with Gasteiger partial charge in [0.05, 0.1) is 11.1 Å². The Bertz CT molecular complexity index is 1140. The van der Waals surface area contributed by atoms with Gasteiger partial charge in [0, 0.05) is 43.5 Å². The summed E-state index contributed by atoms with van der Waals surface area (Å²) in [6.45, 7) is 4.72. The van der Waals surface area contributed by atoms with E-state index in [0.29, 0.717) is 43.1 Å². The summed E-state index contributed by atoms with van der Waals surface area (Å²) in [6, 6.07) is 11.6. The van der Waals surface area contributed by atoms with Gasteiger partial charge in [0.1, 0.15) is 11.6 Å². The number of likely N-dealkylation sites (tertiary alicyclic amines) is 1. The maximum absolute atomic E-state index is 13.5. The molecule has 2 aliphatic heterocycles. The molecule has 0 spiro atoms. The summed E-state index contributed by atoms with van der Waals surface area (Å²) < 4.78 is 5.01. The number of hydrogen-bond donors (Lipinski definition) is 1. The highest BCUT2D eigenvalue weighted by Gasteiger charge is 2.31. The summed E-state index contributed by atoms with van der Waals surface area (Å²) in [5.74, 6) is 1.64. The second-order valence-corrected chi connectivity index (χ2v) is 8.62. The summed E-state index contributed by atoms with van der Waals surface area (Å²) in [6.07, 6.45) is 3.48. The van der Waals surface area contributed by atoms with Crippen LogP contribution >= 0.6 is 0 Å². The number of rotatable bonds is 4. The molecule has 32 heavy (non-hydrogen) atoms. The molecule has 1 N–H and O–H groups in total.